The molecule has 1 aliphatic rings. The van der Waals surface area contributed by atoms with Gasteiger partial charge in [-0.2, -0.15) is 0 Å². The second kappa shape index (κ2) is 4.82. The molecular weight excluding hydrogens is 224 g/mol. The van der Waals surface area contributed by atoms with Crippen molar-refractivity contribution in [3.63, 3.8) is 0 Å². The van der Waals surface area contributed by atoms with E-state index in [1.807, 2.05) is 31.4 Å². The van der Waals surface area contributed by atoms with E-state index >= 15 is 0 Å². The third-order valence-electron chi connectivity index (χ3n) is 3.42. The molecule has 2 aromatic heterocycles. The number of aryl methyl sites for hydroxylation is 1. The van der Waals surface area contributed by atoms with Crippen LogP contribution in [0.3, 0.4) is 0 Å². The van der Waals surface area contributed by atoms with Gasteiger partial charge in [-0.1, -0.05) is 6.07 Å². The minimum Gasteiger partial charge on any atom is -0.313 e. The maximum Gasteiger partial charge on any atom is 0.178 e. The number of aromatic nitrogens is 3. The van der Waals surface area contributed by atoms with Gasteiger partial charge in [0.1, 0.15) is 5.69 Å². The Morgan fingerprint density at radius 3 is 3.00 bits per heavy atom. The summed E-state index contributed by atoms with van der Waals surface area (Å²) >= 11 is 0. The first kappa shape index (κ1) is 11.3. The monoisotopic (exact) mass is 240 g/mol. The van der Waals surface area contributed by atoms with Gasteiger partial charge in [-0.05, 0) is 38.4 Å². The third kappa shape index (κ3) is 1.99. The van der Waals surface area contributed by atoms with E-state index in [2.05, 4.69) is 20.3 Å². The highest BCUT2D eigenvalue weighted by Crippen LogP contribution is 2.28. The average Bonchev–Trinajstić information content (AvgIpc) is 2.47. The zero-order valence-corrected chi connectivity index (χ0v) is 10.4. The highest BCUT2D eigenvalue weighted by molar-refractivity contribution is 5.49. The lowest BCUT2D eigenvalue weighted by Gasteiger charge is -2.23. The van der Waals surface area contributed by atoms with E-state index in [0.717, 1.165) is 30.1 Å². The third-order valence-corrected chi connectivity index (χ3v) is 3.42. The van der Waals surface area contributed by atoms with Gasteiger partial charge in [0.05, 0.1) is 0 Å². The number of nitrogens with zero attached hydrogens (tertiary/aromatic N) is 3. The predicted octanol–water partition coefficient (Wildman–Crippen LogP) is 2.14. The van der Waals surface area contributed by atoms with Crippen molar-refractivity contribution in [2.24, 2.45) is 0 Å². The summed E-state index contributed by atoms with van der Waals surface area (Å²) in [5, 5.41) is 3.32. The molecule has 1 unspecified atom stereocenters. The molecule has 0 amide bonds. The summed E-state index contributed by atoms with van der Waals surface area (Å²) in [6.07, 6.45) is 7.10. The van der Waals surface area contributed by atoms with Crippen LogP contribution >= 0.6 is 0 Å². The predicted molar refractivity (Wildman–Crippen MR) is 70.0 cm³/mol. The second-order valence-corrected chi connectivity index (χ2v) is 4.54. The van der Waals surface area contributed by atoms with Crippen LogP contribution in [0, 0.1) is 0 Å². The maximum atomic E-state index is 4.67. The van der Waals surface area contributed by atoms with Gasteiger partial charge in [0.25, 0.3) is 0 Å². The average molecular weight is 240 g/mol. The first-order valence-corrected chi connectivity index (χ1v) is 6.33. The van der Waals surface area contributed by atoms with Crippen LogP contribution in [0.5, 0.6) is 0 Å². The number of nitrogens with one attached hydrogen (secondary N) is 1. The van der Waals surface area contributed by atoms with E-state index in [0.29, 0.717) is 6.04 Å². The zero-order chi connectivity index (χ0) is 12.4. The van der Waals surface area contributed by atoms with Crippen LogP contribution in [-0.4, -0.2) is 22.0 Å². The van der Waals surface area contributed by atoms with Gasteiger partial charge in [-0.3, -0.25) is 4.98 Å². The lowest BCUT2D eigenvalue weighted by molar-refractivity contribution is 0.487. The van der Waals surface area contributed by atoms with Gasteiger partial charge in [0.15, 0.2) is 5.82 Å². The lowest BCUT2D eigenvalue weighted by atomic mass is 9.92. The van der Waals surface area contributed by atoms with Gasteiger partial charge < -0.3 is 5.32 Å². The molecule has 0 saturated heterocycles. The molecule has 0 saturated carbocycles. The van der Waals surface area contributed by atoms with Gasteiger partial charge in [-0.25, -0.2) is 9.97 Å². The fourth-order valence-electron chi connectivity index (χ4n) is 2.47. The number of fused-ring (bicyclic) bond motifs is 1. The largest absolute Gasteiger partial charge is 0.313 e. The van der Waals surface area contributed by atoms with Crippen molar-refractivity contribution in [3.05, 3.63) is 41.9 Å². The van der Waals surface area contributed by atoms with Crippen molar-refractivity contribution in [3.8, 4) is 11.5 Å². The Morgan fingerprint density at radius 1 is 1.28 bits per heavy atom. The first-order valence-electron chi connectivity index (χ1n) is 6.33. The fourth-order valence-corrected chi connectivity index (χ4v) is 2.47. The van der Waals surface area contributed by atoms with Crippen molar-refractivity contribution in [1.29, 1.82) is 0 Å². The van der Waals surface area contributed by atoms with Crippen molar-refractivity contribution in [1.82, 2.24) is 20.3 Å². The molecule has 3 rings (SSSR count). The van der Waals surface area contributed by atoms with Gasteiger partial charge in [0, 0.05) is 29.7 Å². The van der Waals surface area contributed by atoms with Crippen LogP contribution in [0.4, 0.5) is 0 Å². The molecule has 0 fully saturated rings. The molecular formula is C14H16N4. The highest BCUT2D eigenvalue weighted by atomic mass is 14.9. The zero-order valence-electron chi connectivity index (χ0n) is 10.4. The molecule has 92 valence electrons. The first-order chi connectivity index (χ1) is 8.88. The van der Waals surface area contributed by atoms with Crippen LogP contribution in [0.15, 0.2) is 30.6 Å². The van der Waals surface area contributed by atoms with Crippen LogP contribution < -0.4 is 5.32 Å². The molecule has 0 spiro atoms. The standard InChI is InChI=1S/C14H16N4/c1-15-11-6-4-7-12-10(11)9-17-14(18-12)13-5-2-3-8-16-13/h2-3,5,8-9,11,15H,4,6-7H2,1H3. The van der Waals surface area contributed by atoms with E-state index in [9.17, 15) is 0 Å². The SMILES string of the molecule is CNC1CCCc2nc(-c3ccccn3)ncc21. The smallest absolute Gasteiger partial charge is 0.178 e. The molecule has 1 aliphatic carbocycles. The Labute approximate surface area is 107 Å². The summed E-state index contributed by atoms with van der Waals surface area (Å²) < 4.78 is 0. The number of hydrogen-bond acceptors (Lipinski definition) is 4. The van der Waals surface area contributed by atoms with Crippen molar-refractivity contribution in [2.45, 2.75) is 25.3 Å². The Balaban J connectivity index is 2.01. The van der Waals surface area contributed by atoms with Gasteiger partial charge >= 0.3 is 0 Å². The molecule has 4 nitrogen and oxygen atoms in total. The van der Waals surface area contributed by atoms with E-state index in [-0.39, 0.29) is 0 Å². The lowest BCUT2D eigenvalue weighted by Crippen LogP contribution is -2.22. The molecule has 1 N–H and O–H groups in total. The Bertz CT molecular complexity index is 539. The number of pyridine rings is 1. The van der Waals surface area contributed by atoms with E-state index in [1.165, 1.54) is 12.0 Å². The maximum absolute atomic E-state index is 4.67. The molecule has 18 heavy (non-hydrogen) atoms. The highest BCUT2D eigenvalue weighted by Gasteiger charge is 2.21. The molecule has 0 aromatic carbocycles. The van der Waals surface area contributed by atoms with Crippen LogP contribution in [0.25, 0.3) is 11.5 Å². The summed E-state index contributed by atoms with van der Waals surface area (Å²) in [6.45, 7) is 0. The molecule has 1 atom stereocenters. The quantitative estimate of drug-likeness (QED) is 0.873. The summed E-state index contributed by atoms with van der Waals surface area (Å²) in [6, 6.07) is 6.20. The molecule has 0 radical (unpaired) electrons. The van der Waals surface area contributed by atoms with E-state index in [1.54, 1.807) is 6.20 Å². The van der Waals surface area contributed by atoms with Crippen molar-refractivity contribution >= 4 is 0 Å². The Hall–Kier alpha value is -1.81. The Morgan fingerprint density at radius 2 is 2.22 bits per heavy atom. The minimum absolute atomic E-state index is 0.395. The minimum atomic E-state index is 0.395. The fraction of sp³-hybridized carbons (Fsp3) is 0.357. The van der Waals surface area contributed by atoms with Crippen molar-refractivity contribution in [2.75, 3.05) is 7.05 Å². The summed E-state index contributed by atoms with van der Waals surface area (Å²) in [4.78, 5) is 13.4. The van der Waals surface area contributed by atoms with Gasteiger partial charge in [0.2, 0.25) is 0 Å². The van der Waals surface area contributed by atoms with Crippen molar-refractivity contribution < 1.29 is 0 Å². The normalized spacial score (nSPS) is 18.4. The second-order valence-electron chi connectivity index (χ2n) is 4.54. The molecule has 4 heteroatoms. The Kier molecular flexibility index (Phi) is 3.02. The molecule has 0 aliphatic heterocycles. The summed E-state index contributed by atoms with van der Waals surface area (Å²) in [5.41, 5.74) is 3.24. The van der Waals surface area contributed by atoms with Crippen LogP contribution in [0.2, 0.25) is 0 Å². The van der Waals surface area contributed by atoms with Crippen LogP contribution in [0.1, 0.15) is 30.1 Å². The van der Waals surface area contributed by atoms with E-state index in [4.69, 9.17) is 0 Å². The topological polar surface area (TPSA) is 50.7 Å². The molecule has 2 heterocycles. The molecule has 0 bridgehead atoms. The van der Waals surface area contributed by atoms with Crippen LogP contribution in [-0.2, 0) is 6.42 Å². The summed E-state index contributed by atoms with van der Waals surface area (Å²) in [5.74, 6) is 0.728. The number of rotatable bonds is 2. The van der Waals surface area contributed by atoms with E-state index < -0.39 is 0 Å². The molecule has 2 aromatic rings. The number of hydrogen-bond donors (Lipinski definition) is 1. The summed E-state index contributed by atoms with van der Waals surface area (Å²) in [7, 11) is 1.99. The van der Waals surface area contributed by atoms with Gasteiger partial charge in [-0.15, -0.1) is 0 Å².